The number of carbonyl (C=O) groups excluding carboxylic acids is 1. The van der Waals surface area contributed by atoms with Crippen molar-refractivity contribution in [2.24, 2.45) is 0 Å². The van der Waals surface area contributed by atoms with Crippen LogP contribution in [0.25, 0.3) is 0 Å². The van der Waals surface area contributed by atoms with E-state index in [1.165, 1.54) is 167 Å². The van der Waals surface area contributed by atoms with E-state index in [0.29, 0.717) is 6.42 Å². The Labute approximate surface area is 354 Å². The minimum absolute atomic E-state index is 0.0000584. The summed E-state index contributed by atoms with van der Waals surface area (Å²) in [6, 6.07) is -0.769. The fourth-order valence-electron chi connectivity index (χ4n) is 7.23. The number of unbranched alkanes of at least 4 members (excludes halogenated alkanes) is 27. The molecule has 0 aliphatic rings. The molecule has 0 radical (unpaired) electrons. The molecular weight excluding hydrogens is 703 g/mol. The van der Waals surface area contributed by atoms with Gasteiger partial charge in [-0.15, -0.1) is 0 Å². The van der Waals surface area contributed by atoms with Gasteiger partial charge in [-0.05, 0) is 77.0 Å². The van der Waals surface area contributed by atoms with Gasteiger partial charge in [-0.2, -0.15) is 0 Å². The summed E-state index contributed by atoms with van der Waals surface area (Å²) in [4.78, 5) is 12.4. The molecule has 0 aliphatic carbocycles. The molecule has 5 nitrogen and oxygen atoms in total. The van der Waals surface area contributed by atoms with Gasteiger partial charge in [0, 0.05) is 0 Å². The fourth-order valence-corrected chi connectivity index (χ4v) is 7.23. The van der Waals surface area contributed by atoms with Crippen LogP contribution in [0, 0.1) is 0 Å². The Balaban J connectivity index is 3.60. The normalized spacial score (nSPS) is 14.0. The highest BCUT2D eigenvalue weighted by Crippen LogP contribution is 2.15. The van der Waals surface area contributed by atoms with Crippen LogP contribution < -0.4 is 5.32 Å². The van der Waals surface area contributed by atoms with Crippen LogP contribution in [0.5, 0.6) is 0 Å². The summed E-state index contributed by atoms with van der Waals surface area (Å²) in [6.45, 7) is 4.16. The number of aliphatic hydroxyl groups is 3. The number of amides is 1. The molecule has 3 unspecified atom stereocenters. The third-order valence-electron chi connectivity index (χ3n) is 11.0. The van der Waals surface area contributed by atoms with Gasteiger partial charge >= 0.3 is 0 Å². The van der Waals surface area contributed by atoms with Crippen molar-refractivity contribution in [3.63, 3.8) is 0 Å². The van der Waals surface area contributed by atoms with Crippen molar-refractivity contribution in [3.05, 3.63) is 60.8 Å². The van der Waals surface area contributed by atoms with Crippen LogP contribution in [0.3, 0.4) is 0 Å². The van der Waals surface area contributed by atoms with Crippen LogP contribution in [0.4, 0.5) is 0 Å². The SMILES string of the molecule is CCCCC/C=C/CC/C=C/CC/C=C/C(O)C(CO)NC(=O)CC(O)CCCCCCCCCCCCCCC/C=C\C/C=C\CCCCCCCCCCC. The molecule has 0 fully saturated rings. The van der Waals surface area contributed by atoms with Crippen molar-refractivity contribution in [3.8, 4) is 0 Å². The maximum Gasteiger partial charge on any atom is 0.222 e. The van der Waals surface area contributed by atoms with Crippen molar-refractivity contribution in [2.75, 3.05) is 6.61 Å². The first kappa shape index (κ1) is 55.0. The predicted molar refractivity (Wildman–Crippen MR) is 250 cm³/mol. The standard InChI is InChI=1S/C52H95NO4/c1-3-5-7-9-11-13-15-17-18-19-20-21-22-23-24-25-26-27-28-29-30-31-32-34-35-37-39-41-43-45-49(55)47-52(57)53-50(48-54)51(56)46-44-42-40-38-36-33-16-14-12-10-8-6-4-2/h12,14,20-21,23-24,36,38,44,46,49-51,54-56H,3-11,13,15-19,22,25-35,37,39-43,45,47-48H2,1-2H3,(H,53,57)/b14-12+,21-20-,24-23-,38-36+,46-44+. The Kier molecular flexibility index (Phi) is 45.1. The summed E-state index contributed by atoms with van der Waals surface area (Å²) in [5, 5.41) is 33.2. The van der Waals surface area contributed by atoms with Gasteiger partial charge in [0.2, 0.25) is 5.91 Å². The zero-order valence-electron chi connectivity index (χ0n) is 37.7. The van der Waals surface area contributed by atoms with Crippen molar-refractivity contribution in [1.29, 1.82) is 0 Å². The van der Waals surface area contributed by atoms with Gasteiger partial charge in [0.25, 0.3) is 0 Å². The summed E-state index contributed by atoms with van der Waals surface area (Å²) >= 11 is 0. The van der Waals surface area contributed by atoms with Crippen LogP contribution in [0.2, 0.25) is 0 Å². The smallest absolute Gasteiger partial charge is 0.222 e. The van der Waals surface area contributed by atoms with E-state index in [1.54, 1.807) is 6.08 Å². The molecule has 0 saturated carbocycles. The summed E-state index contributed by atoms with van der Waals surface area (Å²) in [5.74, 6) is -0.332. The minimum Gasteiger partial charge on any atom is -0.394 e. The third kappa shape index (κ3) is 43.5. The topological polar surface area (TPSA) is 89.8 Å². The lowest BCUT2D eigenvalue weighted by molar-refractivity contribution is -0.124. The zero-order chi connectivity index (χ0) is 41.5. The second-order valence-corrected chi connectivity index (χ2v) is 16.7. The minimum atomic E-state index is -0.961. The van der Waals surface area contributed by atoms with E-state index in [2.05, 4.69) is 67.8 Å². The lowest BCUT2D eigenvalue weighted by Crippen LogP contribution is -2.45. The monoisotopic (exact) mass is 798 g/mol. The lowest BCUT2D eigenvalue weighted by Gasteiger charge is -2.21. The van der Waals surface area contributed by atoms with Gasteiger partial charge in [-0.3, -0.25) is 4.79 Å². The maximum absolute atomic E-state index is 12.4. The average Bonchev–Trinajstić information content (AvgIpc) is 3.20. The molecule has 0 bridgehead atoms. The molecule has 0 rings (SSSR count). The van der Waals surface area contributed by atoms with Gasteiger partial charge in [0.05, 0.1) is 31.3 Å². The predicted octanol–water partition coefficient (Wildman–Crippen LogP) is 14.7. The molecule has 0 aromatic rings. The Morgan fingerprint density at radius 2 is 0.807 bits per heavy atom. The van der Waals surface area contributed by atoms with Crippen molar-refractivity contribution in [2.45, 2.75) is 257 Å². The van der Waals surface area contributed by atoms with Crippen LogP contribution in [0.15, 0.2) is 60.8 Å². The largest absolute Gasteiger partial charge is 0.394 e. The van der Waals surface area contributed by atoms with E-state index in [1.807, 2.05) is 6.08 Å². The van der Waals surface area contributed by atoms with E-state index < -0.39 is 18.2 Å². The molecule has 0 spiro atoms. The number of aliphatic hydroxyl groups excluding tert-OH is 3. The first-order valence-electron chi connectivity index (χ1n) is 24.6. The zero-order valence-corrected chi connectivity index (χ0v) is 37.7. The van der Waals surface area contributed by atoms with Crippen LogP contribution in [-0.2, 0) is 4.79 Å². The van der Waals surface area contributed by atoms with Crippen LogP contribution in [0.1, 0.15) is 239 Å². The first-order chi connectivity index (χ1) is 28.0. The number of hydrogen-bond acceptors (Lipinski definition) is 4. The molecule has 0 aromatic heterocycles. The second kappa shape index (κ2) is 46.7. The Morgan fingerprint density at radius 3 is 1.26 bits per heavy atom. The molecule has 1 amide bonds. The number of allylic oxidation sites excluding steroid dienone is 9. The summed E-state index contributed by atoms with van der Waals surface area (Å²) < 4.78 is 0. The van der Waals surface area contributed by atoms with E-state index in [-0.39, 0.29) is 18.9 Å². The van der Waals surface area contributed by atoms with E-state index >= 15 is 0 Å². The van der Waals surface area contributed by atoms with E-state index in [4.69, 9.17) is 0 Å². The molecule has 57 heavy (non-hydrogen) atoms. The average molecular weight is 798 g/mol. The molecule has 332 valence electrons. The van der Waals surface area contributed by atoms with Gasteiger partial charge in [0.15, 0.2) is 0 Å². The van der Waals surface area contributed by atoms with Gasteiger partial charge in [0.1, 0.15) is 0 Å². The fraction of sp³-hybridized carbons (Fsp3) is 0.788. The third-order valence-corrected chi connectivity index (χ3v) is 11.0. The molecule has 5 heteroatoms. The van der Waals surface area contributed by atoms with E-state index in [0.717, 1.165) is 44.9 Å². The van der Waals surface area contributed by atoms with Crippen molar-refractivity contribution >= 4 is 5.91 Å². The molecule has 0 aromatic carbocycles. The highest BCUT2D eigenvalue weighted by atomic mass is 16.3. The number of nitrogens with one attached hydrogen (secondary N) is 1. The molecule has 0 aliphatic heterocycles. The summed E-state index contributed by atoms with van der Waals surface area (Å²) in [5.41, 5.74) is 0. The summed E-state index contributed by atoms with van der Waals surface area (Å²) in [6.07, 6.45) is 62.5. The molecule has 0 heterocycles. The highest BCUT2D eigenvalue weighted by molar-refractivity contribution is 5.76. The molecule has 0 saturated heterocycles. The first-order valence-corrected chi connectivity index (χ1v) is 24.6. The second-order valence-electron chi connectivity index (χ2n) is 16.7. The lowest BCUT2D eigenvalue weighted by atomic mass is 10.0. The number of rotatable bonds is 44. The van der Waals surface area contributed by atoms with Crippen molar-refractivity contribution < 1.29 is 20.1 Å². The van der Waals surface area contributed by atoms with Crippen LogP contribution in [-0.4, -0.2) is 46.1 Å². The summed E-state index contributed by atoms with van der Waals surface area (Å²) in [7, 11) is 0. The van der Waals surface area contributed by atoms with Gasteiger partial charge < -0.3 is 20.6 Å². The molecular formula is C52H95NO4. The number of carbonyl (C=O) groups is 1. The Morgan fingerprint density at radius 1 is 0.456 bits per heavy atom. The van der Waals surface area contributed by atoms with Gasteiger partial charge in [-0.1, -0.05) is 216 Å². The van der Waals surface area contributed by atoms with Gasteiger partial charge in [-0.25, -0.2) is 0 Å². The highest BCUT2D eigenvalue weighted by Gasteiger charge is 2.20. The Bertz CT molecular complexity index is 969. The quantitative estimate of drug-likeness (QED) is 0.0365. The Hall–Kier alpha value is -1.95. The maximum atomic E-state index is 12.4. The molecule has 4 N–H and O–H groups in total. The van der Waals surface area contributed by atoms with Crippen LogP contribution >= 0.6 is 0 Å². The molecule has 3 atom stereocenters. The van der Waals surface area contributed by atoms with E-state index in [9.17, 15) is 20.1 Å². The number of hydrogen-bond donors (Lipinski definition) is 4. The van der Waals surface area contributed by atoms with Crippen molar-refractivity contribution in [1.82, 2.24) is 5.32 Å².